The van der Waals surface area contributed by atoms with Crippen LogP contribution in [0.1, 0.15) is 12.0 Å². The van der Waals surface area contributed by atoms with Gasteiger partial charge >= 0.3 is 0 Å². The molecular weight excluding hydrogens is 302 g/mol. The topological polar surface area (TPSA) is 47.6 Å². The normalized spacial score (nSPS) is 19.0. The largest absolute Gasteiger partial charge is 0.338 e. The lowest BCUT2D eigenvalue weighted by molar-refractivity contribution is -0.255. The molecule has 4 nitrogen and oxygen atoms in total. The maximum absolute atomic E-state index is 12.3. The number of hydrogen-bond donors (Lipinski definition) is 1. The first-order chi connectivity index (χ1) is 10.7. The van der Waals surface area contributed by atoms with Crippen molar-refractivity contribution in [2.75, 3.05) is 18.5 Å². The first-order valence-electron chi connectivity index (χ1n) is 7.19. The van der Waals surface area contributed by atoms with Gasteiger partial charge in [-0.3, -0.25) is 4.79 Å². The van der Waals surface area contributed by atoms with Crippen molar-refractivity contribution in [2.24, 2.45) is 0 Å². The molecule has 2 aliphatic heterocycles. The van der Waals surface area contributed by atoms with Crippen LogP contribution in [-0.4, -0.2) is 19.1 Å². The van der Waals surface area contributed by atoms with E-state index in [-0.39, 0.29) is 5.91 Å². The van der Waals surface area contributed by atoms with Crippen LogP contribution in [0.2, 0.25) is 5.02 Å². The molecule has 112 valence electrons. The Bertz CT molecular complexity index is 753. The van der Waals surface area contributed by atoms with Crippen LogP contribution < -0.4 is 5.32 Å². The second-order valence-electron chi connectivity index (χ2n) is 5.39. The fourth-order valence-electron chi connectivity index (χ4n) is 2.92. The molecule has 0 aliphatic carbocycles. The first-order valence-corrected chi connectivity index (χ1v) is 7.57. The Morgan fingerprint density at radius 3 is 2.59 bits per heavy atom. The van der Waals surface area contributed by atoms with Crippen molar-refractivity contribution in [3.63, 3.8) is 0 Å². The molecule has 0 radical (unpaired) electrons. The van der Waals surface area contributed by atoms with Crippen LogP contribution in [0, 0.1) is 0 Å². The van der Waals surface area contributed by atoms with Crippen LogP contribution >= 0.6 is 11.6 Å². The van der Waals surface area contributed by atoms with Crippen molar-refractivity contribution in [3.05, 3.63) is 53.1 Å². The number of nitrogens with one attached hydrogen (secondary N) is 1. The van der Waals surface area contributed by atoms with Gasteiger partial charge < -0.3 is 14.8 Å². The minimum Gasteiger partial charge on any atom is -0.338 e. The van der Waals surface area contributed by atoms with Crippen molar-refractivity contribution in [1.82, 2.24) is 0 Å². The van der Waals surface area contributed by atoms with Crippen molar-refractivity contribution in [2.45, 2.75) is 12.2 Å². The number of ether oxygens (including phenoxy) is 2. The van der Waals surface area contributed by atoms with E-state index in [2.05, 4.69) is 5.32 Å². The van der Waals surface area contributed by atoms with Crippen molar-refractivity contribution in [1.29, 1.82) is 0 Å². The van der Waals surface area contributed by atoms with Crippen molar-refractivity contribution >= 4 is 23.2 Å². The molecule has 5 heteroatoms. The van der Waals surface area contributed by atoms with Gasteiger partial charge in [0, 0.05) is 10.6 Å². The summed E-state index contributed by atoms with van der Waals surface area (Å²) in [7, 11) is 0. The van der Waals surface area contributed by atoms with E-state index in [9.17, 15) is 4.79 Å². The average Bonchev–Trinajstić information content (AvgIpc) is 2.80. The zero-order chi connectivity index (χ0) is 15.2. The predicted molar refractivity (Wildman–Crippen MR) is 83.7 cm³/mol. The van der Waals surface area contributed by atoms with Gasteiger partial charge in [0.15, 0.2) is 0 Å². The van der Waals surface area contributed by atoms with Crippen LogP contribution in [0.25, 0.3) is 11.1 Å². The number of benzene rings is 2. The fourth-order valence-corrected chi connectivity index (χ4v) is 3.11. The number of hydrogen-bond acceptors (Lipinski definition) is 3. The second-order valence-corrected chi connectivity index (χ2v) is 5.83. The molecule has 2 heterocycles. The highest BCUT2D eigenvalue weighted by atomic mass is 35.5. The monoisotopic (exact) mass is 315 g/mol. The first kappa shape index (κ1) is 13.8. The van der Waals surface area contributed by atoms with E-state index in [4.69, 9.17) is 21.1 Å². The molecule has 2 aromatic carbocycles. The molecule has 0 aromatic heterocycles. The Kier molecular flexibility index (Phi) is 3.18. The van der Waals surface area contributed by atoms with Gasteiger partial charge in [-0.05, 0) is 41.8 Å². The van der Waals surface area contributed by atoms with Crippen LogP contribution in [0.15, 0.2) is 42.5 Å². The number of halogens is 1. The molecule has 1 spiro atoms. The lowest BCUT2D eigenvalue weighted by Crippen LogP contribution is -2.43. The zero-order valence-corrected chi connectivity index (χ0v) is 12.5. The highest BCUT2D eigenvalue weighted by Crippen LogP contribution is 2.43. The van der Waals surface area contributed by atoms with Gasteiger partial charge in [-0.25, -0.2) is 0 Å². The Labute approximate surface area is 133 Å². The Hall–Kier alpha value is -1.88. The lowest BCUT2D eigenvalue weighted by atomic mass is 9.98. The minimum absolute atomic E-state index is 0.259. The molecular formula is C17H14ClNO3. The van der Waals surface area contributed by atoms with Gasteiger partial charge in [0.2, 0.25) is 0 Å². The van der Waals surface area contributed by atoms with Gasteiger partial charge in [0.05, 0.1) is 18.9 Å². The van der Waals surface area contributed by atoms with Crippen molar-refractivity contribution < 1.29 is 14.3 Å². The molecule has 2 aliphatic rings. The van der Waals surface area contributed by atoms with Gasteiger partial charge in [-0.1, -0.05) is 29.8 Å². The summed E-state index contributed by atoms with van der Waals surface area (Å²) in [5.41, 5.74) is 3.42. The van der Waals surface area contributed by atoms with Crippen LogP contribution in [0.5, 0.6) is 0 Å². The molecule has 0 saturated carbocycles. The number of fused-ring (bicyclic) bond motifs is 2. The number of carbonyl (C=O) groups excluding carboxylic acids is 1. The Morgan fingerprint density at radius 2 is 1.82 bits per heavy atom. The highest BCUT2D eigenvalue weighted by molar-refractivity contribution is 6.30. The summed E-state index contributed by atoms with van der Waals surface area (Å²) >= 11 is 6.06. The van der Waals surface area contributed by atoms with E-state index in [1.807, 2.05) is 42.5 Å². The third kappa shape index (κ3) is 2.03. The summed E-state index contributed by atoms with van der Waals surface area (Å²) in [6, 6.07) is 13.4. The summed E-state index contributed by atoms with van der Waals surface area (Å²) < 4.78 is 11.4. The minimum atomic E-state index is -1.30. The SMILES string of the molecule is O=C1Nc2ccc(-c3cccc(Cl)c3)cc2C12OCCCO2. The van der Waals surface area contributed by atoms with Crippen LogP contribution in [-0.2, 0) is 20.1 Å². The van der Waals surface area contributed by atoms with E-state index < -0.39 is 5.79 Å². The Morgan fingerprint density at radius 1 is 1.05 bits per heavy atom. The average molecular weight is 316 g/mol. The molecule has 22 heavy (non-hydrogen) atoms. The van der Waals surface area contributed by atoms with E-state index in [1.54, 1.807) is 0 Å². The van der Waals surface area contributed by atoms with Crippen molar-refractivity contribution in [3.8, 4) is 11.1 Å². The molecule has 1 amide bonds. The molecule has 0 unspecified atom stereocenters. The third-order valence-electron chi connectivity index (χ3n) is 3.98. The molecule has 1 N–H and O–H groups in total. The summed E-state index contributed by atoms with van der Waals surface area (Å²) in [5, 5.41) is 3.51. The number of rotatable bonds is 1. The maximum Gasteiger partial charge on any atom is 0.289 e. The highest BCUT2D eigenvalue weighted by Gasteiger charge is 2.51. The lowest BCUT2D eigenvalue weighted by Gasteiger charge is -2.31. The molecule has 2 aromatic rings. The quantitative estimate of drug-likeness (QED) is 0.875. The number of amides is 1. The number of carbonyl (C=O) groups is 1. The summed E-state index contributed by atoms with van der Waals surface area (Å²) in [6.45, 7) is 1.02. The standard InChI is InChI=1S/C17H14ClNO3/c18-13-4-1-3-11(9-13)12-5-6-15-14(10-12)17(16(20)19-15)21-7-2-8-22-17/h1,3-6,9-10H,2,7-8H2,(H,19,20). The predicted octanol–water partition coefficient (Wildman–Crippen LogP) is 3.55. The molecule has 1 saturated heterocycles. The summed E-state index contributed by atoms with van der Waals surface area (Å²) in [6.07, 6.45) is 0.790. The van der Waals surface area contributed by atoms with Gasteiger partial charge in [-0.2, -0.15) is 0 Å². The van der Waals surface area contributed by atoms with E-state index >= 15 is 0 Å². The van der Waals surface area contributed by atoms with Gasteiger partial charge in [-0.15, -0.1) is 0 Å². The second kappa shape index (κ2) is 5.09. The van der Waals surface area contributed by atoms with E-state index in [1.165, 1.54) is 0 Å². The van der Waals surface area contributed by atoms with Crippen LogP contribution in [0.4, 0.5) is 5.69 Å². The smallest absolute Gasteiger partial charge is 0.289 e. The summed E-state index contributed by atoms with van der Waals surface area (Å²) in [5.74, 6) is -1.56. The zero-order valence-electron chi connectivity index (χ0n) is 11.8. The molecule has 4 rings (SSSR count). The van der Waals surface area contributed by atoms with Gasteiger partial charge in [0.25, 0.3) is 11.7 Å². The molecule has 0 atom stereocenters. The fraction of sp³-hybridized carbons (Fsp3) is 0.235. The number of anilines is 1. The third-order valence-corrected chi connectivity index (χ3v) is 4.21. The van der Waals surface area contributed by atoms with E-state index in [0.717, 1.165) is 28.8 Å². The molecule has 0 bridgehead atoms. The Balaban J connectivity index is 1.83. The maximum atomic E-state index is 12.3. The van der Waals surface area contributed by atoms with E-state index in [0.29, 0.717) is 18.2 Å². The summed E-state index contributed by atoms with van der Waals surface area (Å²) in [4.78, 5) is 12.3. The molecule has 1 fully saturated rings. The van der Waals surface area contributed by atoms with Crippen LogP contribution in [0.3, 0.4) is 0 Å². The van der Waals surface area contributed by atoms with Gasteiger partial charge in [0.1, 0.15) is 0 Å².